The van der Waals surface area contributed by atoms with E-state index in [1.807, 2.05) is 51.1 Å². The topological polar surface area (TPSA) is 55.5 Å². The van der Waals surface area contributed by atoms with Crippen molar-refractivity contribution >= 4 is 12.4 Å². The molecule has 0 bridgehead atoms. The molecule has 0 unspecified atom stereocenters. The van der Waals surface area contributed by atoms with E-state index in [-0.39, 0.29) is 18.4 Å². The molecule has 0 fully saturated rings. The molecule has 2 rings (SSSR count). The summed E-state index contributed by atoms with van der Waals surface area (Å²) in [6, 6.07) is 13.8. The van der Waals surface area contributed by atoms with E-state index >= 15 is 0 Å². The summed E-state index contributed by atoms with van der Waals surface area (Å²) in [5.41, 5.74) is 10.4. The lowest BCUT2D eigenvalue weighted by atomic mass is 9.95. The van der Waals surface area contributed by atoms with Crippen LogP contribution in [0.4, 0.5) is 0 Å². The van der Waals surface area contributed by atoms with E-state index in [1.54, 1.807) is 0 Å². The highest BCUT2D eigenvalue weighted by Gasteiger charge is 2.18. The van der Waals surface area contributed by atoms with Crippen molar-refractivity contribution < 1.29 is 9.84 Å². The minimum absolute atomic E-state index is 0. The number of hydrogen-bond donors (Lipinski definition) is 2. The highest BCUT2D eigenvalue weighted by Crippen LogP contribution is 2.29. The third-order valence-corrected chi connectivity index (χ3v) is 4.09. The molecule has 2 aromatic rings. The van der Waals surface area contributed by atoms with E-state index in [4.69, 9.17) is 10.5 Å². The van der Waals surface area contributed by atoms with Crippen molar-refractivity contribution in [2.75, 3.05) is 0 Å². The lowest BCUT2D eigenvalue weighted by Crippen LogP contribution is -2.26. The molecule has 132 valence electrons. The summed E-state index contributed by atoms with van der Waals surface area (Å²) in [4.78, 5) is 0. The van der Waals surface area contributed by atoms with Gasteiger partial charge in [0.25, 0.3) is 0 Å². The van der Waals surface area contributed by atoms with Gasteiger partial charge >= 0.3 is 0 Å². The number of aryl methyl sites for hydroxylation is 2. The van der Waals surface area contributed by atoms with Gasteiger partial charge in [0.05, 0.1) is 12.1 Å². The fraction of sp³-hybridized carbons (Fsp3) is 0.400. The van der Waals surface area contributed by atoms with Gasteiger partial charge in [-0.15, -0.1) is 12.4 Å². The first-order valence-electron chi connectivity index (χ1n) is 8.24. The van der Waals surface area contributed by atoms with E-state index in [9.17, 15) is 5.11 Å². The van der Waals surface area contributed by atoms with Gasteiger partial charge in [0.2, 0.25) is 0 Å². The molecule has 0 saturated carbocycles. The highest BCUT2D eigenvalue weighted by molar-refractivity contribution is 5.85. The quantitative estimate of drug-likeness (QED) is 0.775. The summed E-state index contributed by atoms with van der Waals surface area (Å²) < 4.78 is 5.99. The summed E-state index contributed by atoms with van der Waals surface area (Å²) in [5.74, 6) is 0.898. The molecule has 0 aliphatic heterocycles. The van der Waals surface area contributed by atoms with Crippen molar-refractivity contribution in [2.24, 2.45) is 5.73 Å². The van der Waals surface area contributed by atoms with Crippen molar-refractivity contribution in [1.82, 2.24) is 0 Å². The number of nitrogens with two attached hydrogens (primary N) is 1. The van der Waals surface area contributed by atoms with Crippen LogP contribution in [0.25, 0.3) is 0 Å². The van der Waals surface area contributed by atoms with Gasteiger partial charge in [0, 0.05) is 0 Å². The molecule has 0 aliphatic carbocycles. The van der Waals surface area contributed by atoms with E-state index < -0.39 is 6.10 Å². The van der Waals surface area contributed by atoms with Gasteiger partial charge in [0.15, 0.2) is 0 Å². The molecule has 24 heavy (non-hydrogen) atoms. The largest absolute Gasteiger partial charge is 0.488 e. The predicted molar refractivity (Wildman–Crippen MR) is 102 cm³/mol. The van der Waals surface area contributed by atoms with Crippen molar-refractivity contribution in [3.63, 3.8) is 0 Å². The van der Waals surface area contributed by atoms with E-state index in [0.717, 1.165) is 34.4 Å². The normalized spacial score (nSPS) is 13.0. The molecule has 0 saturated heterocycles. The van der Waals surface area contributed by atoms with Gasteiger partial charge in [-0.3, -0.25) is 0 Å². The second-order valence-corrected chi connectivity index (χ2v) is 6.14. The average molecular weight is 350 g/mol. The average Bonchev–Trinajstić information content (AvgIpc) is 2.54. The summed E-state index contributed by atoms with van der Waals surface area (Å²) >= 11 is 0. The number of aliphatic hydroxyl groups is 1. The minimum Gasteiger partial charge on any atom is -0.488 e. The van der Waals surface area contributed by atoms with Crippen LogP contribution in [0.3, 0.4) is 0 Å². The lowest BCUT2D eigenvalue weighted by Gasteiger charge is -2.21. The van der Waals surface area contributed by atoms with Gasteiger partial charge in [0.1, 0.15) is 12.4 Å². The molecule has 0 amide bonds. The fourth-order valence-corrected chi connectivity index (χ4v) is 2.83. The smallest absolute Gasteiger partial charge is 0.125 e. The lowest BCUT2D eigenvalue weighted by molar-refractivity contribution is 0.134. The van der Waals surface area contributed by atoms with Crippen LogP contribution in [-0.4, -0.2) is 11.2 Å². The first-order valence-corrected chi connectivity index (χ1v) is 8.24. The van der Waals surface area contributed by atoms with Crippen molar-refractivity contribution in [2.45, 2.75) is 52.4 Å². The Morgan fingerprint density at radius 1 is 1.08 bits per heavy atom. The maximum Gasteiger partial charge on any atom is 0.125 e. The molecular formula is C20H28ClNO2. The van der Waals surface area contributed by atoms with Crippen LogP contribution in [0.2, 0.25) is 0 Å². The monoisotopic (exact) mass is 349 g/mol. The molecule has 2 aromatic carbocycles. The Morgan fingerprint density at radius 3 is 2.21 bits per heavy atom. The summed E-state index contributed by atoms with van der Waals surface area (Å²) in [6.45, 7) is 6.64. The number of rotatable bonds is 7. The van der Waals surface area contributed by atoms with Gasteiger partial charge in [-0.2, -0.15) is 0 Å². The van der Waals surface area contributed by atoms with E-state index in [2.05, 4.69) is 12.1 Å². The number of halogens is 1. The number of hydrogen-bond acceptors (Lipinski definition) is 3. The molecular weight excluding hydrogens is 322 g/mol. The number of benzene rings is 2. The molecule has 4 heteroatoms. The van der Waals surface area contributed by atoms with Crippen molar-refractivity contribution in [3.8, 4) is 5.75 Å². The first kappa shape index (κ1) is 20.5. The second kappa shape index (κ2) is 9.67. The fourth-order valence-electron chi connectivity index (χ4n) is 2.83. The maximum absolute atomic E-state index is 10.1. The molecule has 3 N–H and O–H groups in total. The van der Waals surface area contributed by atoms with Gasteiger partial charge in [-0.25, -0.2) is 0 Å². The summed E-state index contributed by atoms with van der Waals surface area (Å²) in [5, 5.41) is 10.1. The molecule has 0 heterocycles. The van der Waals surface area contributed by atoms with Crippen LogP contribution in [-0.2, 0) is 6.61 Å². The Balaban J connectivity index is 0.00000288. The Labute approximate surface area is 151 Å². The standard InChI is InChI=1S/C20H27NO2.ClH/c1-4-8-18(22)19(21)17-11-14(2)20(15(3)12-17)23-13-16-9-6-5-7-10-16;/h5-7,9-12,18-19,22H,4,8,13,21H2,1-3H3;1H/t18-,19+;/m1./s1. The van der Waals surface area contributed by atoms with E-state index in [1.165, 1.54) is 0 Å². The second-order valence-electron chi connectivity index (χ2n) is 6.14. The Morgan fingerprint density at radius 2 is 1.67 bits per heavy atom. The van der Waals surface area contributed by atoms with Gasteiger partial charge < -0.3 is 15.6 Å². The Hall–Kier alpha value is -1.55. The van der Waals surface area contributed by atoms with Crippen molar-refractivity contribution in [1.29, 1.82) is 0 Å². The van der Waals surface area contributed by atoms with Crippen LogP contribution in [0.5, 0.6) is 5.75 Å². The highest BCUT2D eigenvalue weighted by atomic mass is 35.5. The summed E-state index contributed by atoms with van der Waals surface area (Å²) in [6.07, 6.45) is 1.13. The number of ether oxygens (including phenoxy) is 1. The van der Waals surface area contributed by atoms with Crippen LogP contribution in [0, 0.1) is 13.8 Å². The van der Waals surface area contributed by atoms with Crippen LogP contribution in [0.15, 0.2) is 42.5 Å². The van der Waals surface area contributed by atoms with Crippen LogP contribution < -0.4 is 10.5 Å². The number of aliphatic hydroxyl groups excluding tert-OH is 1. The van der Waals surface area contributed by atoms with Crippen LogP contribution in [0.1, 0.15) is 48.1 Å². The third-order valence-electron chi connectivity index (χ3n) is 4.09. The molecule has 3 nitrogen and oxygen atoms in total. The predicted octanol–water partition coefficient (Wildman–Crippen LogP) is 4.47. The van der Waals surface area contributed by atoms with Crippen molar-refractivity contribution in [3.05, 3.63) is 64.7 Å². The van der Waals surface area contributed by atoms with Gasteiger partial charge in [-0.05, 0) is 42.5 Å². The zero-order valence-electron chi connectivity index (χ0n) is 14.7. The third kappa shape index (κ3) is 5.23. The Bertz CT molecular complexity index is 608. The maximum atomic E-state index is 10.1. The molecule has 2 atom stereocenters. The molecule has 0 radical (unpaired) electrons. The molecule has 0 aliphatic rings. The van der Waals surface area contributed by atoms with Crippen LogP contribution >= 0.6 is 12.4 Å². The zero-order valence-corrected chi connectivity index (χ0v) is 15.5. The Kier molecular flexibility index (Phi) is 8.26. The van der Waals surface area contributed by atoms with Gasteiger partial charge in [-0.1, -0.05) is 55.8 Å². The zero-order chi connectivity index (χ0) is 16.8. The minimum atomic E-state index is -0.505. The summed E-state index contributed by atoms with van der Waals surface area (Å²) in [7, 11) is 0. The first-order chi connectivity index (χ1) is 11.0. The molecule has 0 spiro atoms. The van der Waals surface area contributed by atoms with E-state index in [0.29, 0.717) is 13.0 Å². The molecule has 0 aromatic heterocycles. The SMILES string of the molecule is CCC[C@@H](O)[C@@H](N)c1cc(C)c(OCc2ccccc2)c(C)c1.Cl.